The second-order valence-electron chi connectivity index (χ2n) is 3.11. The maximum atomic E-state index is 6.68. The molecule has 1 aromatic rings. The smallest absolute Gasteiger partial charge is 0.229 e. The van der Waals surface area contributed by atoms with Crippen LogP contribution in [0.3, 0.4) is 0 Å². The van der Waals surface area contributed by atoms with Crippen molar-refractivity contribution in [3.8, 4) is 0 Å². The summed E-state index contributed by atoms with van der Waals surface area (Å²) in [6.45, 7) is 11.2. The van der Waals surface area contributed by atoms with Gasteiger partial charge in [0.15, 0.2) is 0 Å². The molecule has 13 heavy (non-hydrogen) atoms. The molecule has 0 aliphatic carbocycles. The summed E-state index contributed by atoms with van der Waals surface area (Å²) in [6.07, 6.45) is 0.624. The Morgan fingerprint density at radius 1 is 1.62 bits per heavy atom. The van der Waals surface area contributed by atoms with Gasteiger partial charge in [0.25, 0.3) is 0 Å². The van der Waals surface area contributed by atoms with Gasteiger partial charge in [-0.15, -0.1) is 0 Å². The minimum absolute atomic E-state index is 0.289. The molecular formula is C9H11ClN2O. The van der Waals surface area contributed by atoms with E-state index in [1.807, 2.05) is 13.8 Å². The van der Waals surface area contributed by atoms with Crippen LogP contribution >= 0.6 is 11.6 Å². The second kappa shape index (κ2) is 4.29. The Labute approximate surface area is 82.5 Å². The van der Waals surface area contributed by atoms with E-state index in [-0.39, 0.29) is 5.92 Å². The lowest BCUT2D eigenvalue weighted by atomic mass is 10.0. The second-order valence-corrected chi connectivity index (χ2v) is 3.45. The molecule has 0 bridgehead atoms. The maximum absolute atomic E-state index is 6.68. The van der Waals surface area contributed by atoms with Crippen LogP contribution in [0, 0.1) is 6.57 Å². The summed E-state index contributed by atoms with van der Waals surface area (Å²) in [5.41, 5.74) is 1.75. The SMILES string of the molecule is [C-]#[N+]CCc1c(C(C)C)noc1Cl. The average Bonchev–Trinajstić information content (AvgIpc) is 2.43. The van der Waals surface area contributed by atoms with Gasteiger partial charge in [-0.2, -0.15) is 0 Å². The summed E-state index contributed by atoms with van der Waals surface area (Å²) < 4.78 is 4.87. The van der Waals surface area contributed by atoms with E-state index in [1.54, 1.807) is 0 Å². The largest absolute Gasteiger partial charge is 0.344 e. The predicted octanol–water partition coefficient (Wildman–Crippen LogP) is 2.91. The summed E-state index contributed by atoms with van der Waals surface area (Å²) in [7, 11) is 0. The van der Waals surface area contributed by atoms with Crippen LogP contribution in [-0.2, 0) is 6.42 Å². The molecule has 0 saturated heterocycles. The third kappa shape index (κ3) is 2.22. The van der Waals surface area contributed by atoms with Crippen molar-refractivity contribution in [1.82, 2.24) is 5.16 Å². The first-order valence-electron chi connectivity index (χ1n) is 4.14. The van der Waals surface area contributed by atoms with E-state index in [2.05, 4.69) is 10.0 Å². The van der Waals surface area contributed by atoms with Gasteiger partial charge in [0.05, 0.1) is 12.1 Å². The van der Waals surface area contributed by atoms with E-state index >= 15 is 0 Å². The van der Waals surface area contributed by atoms with Crippen molar-refractivity contribution in [2.75, 3.05) is 6.54 Å². The Balaban J connectivity index is 2.89. The number of halogens is 1. The summed E-state index contributed by atoms with van der Waals surface area (Å²) in [5, 5.41) is 4.18. The van der Waals surface area contributed by atoms with Crippen LogP contribution in [-0.4, -0.2) is 11.7 Å². The van der Waals surface area contributed by atoms with Crippen LogP contribution in [0.5, 0.6) is 0 Å². The van der Waals surface area contributed by atoms with Crippen LogP contribution in [0.15, 0.2) is 4.52 Å². The number of nitrogens with zero attached hydrogens (tertiary/aromatic N) is 2. The molecule has 0 aliphatic heterocycles. The Kier molecular flexibility index (Phi) is 3.32. The van der Waals surface area contributed by atoms with Crippen molar-refractivity contribution >= 4 is 11.6 Å². The van der Waals surface area contributed by atoms with Gasteiger partial charge in [0.1, 0.15) is 0 Å². The Morgan fingerprint density at radius 3 is 2.85 bits per heavy atom. The molecule has 1 aromatic heterocycles. The Hall–Kier alpha value is -1.01. The van der Waals surface area contributed by atoms with Gasteiger partial charge in [-0.25, -0.2) is 6.57 Å². The first-order chi connectivity index (χ1) is 6.16. The highest BCUT2D eigenvalue weighted by atomic mass is 35.5. The molecule has 4 heteroatoms. The molecule has 1 rings (SSSR count). The third-order valence-electron chi connectivity index (χ3n) is 1.79. The predicted molar refractivity (Wildman–Crippen MR) is 50.8 cm³/mol. The van der Waals surface area contributed by atoms with Gasteiger partial charge in [-0.3, -0.25) is 0 Å². The average molecular weight is 199 g/mol. The first kappa shape index (κ1) is 10.1. The Bertz CT molecular complexity index is 325. The molecule has 0 N–H and O–H groups in total. The summed E-state index contributed by atoms with van der Waals surface area (Å²) >= 11 is 5.79. The number of hydrogen-bond acceptors (Lipinski definition) is 2. The molecule has 0 amide bonds. The van der Waals surface area contributed by atoms with E-state index in [0.29, 0.717) is 18.2 Å². The Morgan fingerprint density at radius 2 is 2.31 bits per heavy atom. The standard InChI is InChI=1S/C9H11ClN2O/c1-6(2)8-7(4-5-11-3)9(10)13-12-8/h6H,4-5H2,1-2H3. The van der Waals surface area contributed by atoms with Crippen LogP contribution in [0.4, 0.5) is 0 Å². The van der Waals surface area contributed by atoms with E-state index < -0.39 is 0 Å². The summed E-state index contributed by atoms with van der Waals surface area (Å²) in [6, 6.07) is 0. The van der Waals surface area contributed by atoms with Crippen LogP contribution < -0.4 is 0 Å². The van der Waals surface area contributed by atoms with Gasteiger partial charge >= 0.3 is 0 Å². The number of rotatable bonds is 3. The first-order valence-corrected chi connectivity index (χ1v) is 4.51. The van der Waals surface area contributed by atoms with Crippen LogP contribution in [0.1, 0.15) is 31.0 Å². The lowest BCUT2D eigenvalue weighted by Gasteiger charge is -2.00. The van der Waals surface area contributed by atoms with Crippen molar-refractivity contribution < 1.29 is 4.52 Å². The van der Waals surface area contributed by atoms with Crippen molar-refractivity contribution in [3.63, 3.8) is 0 Å². The maximum Gasteiger partial charge on any atom is 0.229 e. The highest BCUT2D eigenvalue weighted by Crippen LogP contribution is 2.25. The topological polar surface area (TPSA) is 30.4 Å². The molecule has 0 aromatic carbocycles. The highest BCUT2D eigenvalue weighted by molar-refractivity contribution is 6.29. The zero-order valence-electron chi connectivity index (χ0n) is 7.67. The molecule has 0 aliphatic rings. The monoisotopic (exact) mass is 198 g/mol. The minimum atomic E-state index is 0.289. The zero-order valence-corrected chi connectivity index (χ0v) is 8.43. The summed E-state index contributed by atoms with van der Waals surface area (Å²) in [4.78, 5) is 3.27. The number of aromatic nitrogens is 1. The molecular weight excluding hydrogens is 188 g/mol. The molecule has 0 saturated carbocycles. The fourth-order valence-electron chi connectivity index (χ4n) is 1.15. The van der Waals surface area contributed by atoms with Crippen molar-refractivity contribution in [1.29, 1.82) is 0 Å². The summed E-state index contributed by atoms with van der Waals surface area (Å²) in [5.74, 6) is 0.289. The van der Waals surface area contributed by atoms with Crippen molar-refractivity contribution in [3.05, 3.63) is 27.9 Å². The molecule has 0 radical (unpaired) electrons. The van der Waals surface area contributed by atoms with Crippen LogP contribution in [0.25, 0.3) is 4.85 Å². The normalized spacial score (nSPS) is 10.4. The van der Waals surface area contributed by atoms with E-state index in [9.17, 15) is 0 Å². The minimum Gasteiger partial charge on any atom is -0.344 e. The zero-order chi connectivity index (χ0) is 9.84. The highest BCUT2D eigenvalue weighted by Gasteiger charge is 2.17. The lowest BCUT2D eigenvalue weighted by Crippen LogP contribution is -1.96. The third-order valence-corrected chi connectivity index (χ3v) is 2.09. The van der Waals surface area contributed by atoms with Gasteiger partial charge in [-0.1, -0.05) is 19.0 Å². The van der Waals surface area contributed by atoms with Gasteiger partial charge < -0.3 is 9.37 Å². The molecule has 1 heterocycles. The lowest BCUT2D eigenvalue weighted by molar-refractivity contribution is 0.410. The number of hydrogen-bond donors (Lipinski definition) is 0. The van der Waals surface area contributed by atoms with Gasteiger partial charge in [0, 0.05) is 5.56 Å². The van der Waals surface area contributed by atoms with E-state index in [1.165, 1.54) is 0 Å². The fourth-order valence-corrected chi connectivity index (χ4v) is 1.37. The fraction of sp³-hybridized carbons (Fsp3) is 0.556. The quantitative estimate of drug-likeness (QED) is 0.700. The van der Waals surface area contributed by atoms with E-state index in [0.717, 1.165) is 11.3 Å². The van der Waals surface area contributed by atoms with Crippen LogP contribution in [0.2, 0.25) is 5.22 Å². The molecule has 0 spiro atoms. The van der Waals surface area contributed by atoms with Crippen molar-refractivity contribution in [2.45, 2.75) is 26.2 Å². The molecule has 0 atom stereocenters. The van der Waals surface area contributed by atoms with Gasteiger partial charge in [0.2, 0.25) is 11.8 Å². The van der Waals surface area contributed by atoms with E-state index in [4.69, 9.17) is 22.7 Å². The molecule has 0 unspecified atom stereocenters. The molecule has 3 nitrogen and oxygen atoms in total. The van der Waals surface area contributed by atoms with Gasteiger partial charge in [-0.05, 0) is 17.5 Å². The molecule has 0 fully saturated rings. The van der Waals surface area contributed by atoms with Crippen molar-refractivity contribution in [2.24, 2.45) is 0 Å². The molecule has 70 valence electrons.